The van der Waals surface area contributed by atoms with E-state index in [0.29, 0.717) is 11.5 Å². The highest BCUT2D eigenvalue weighted by molar-refractivity contribution is 6.35. The summed E-state index contributed by atoms with van der Waals surface area (Å²) in [5.41, 5.74) is 0.841. The molecule has 0 spiro atoms. The normalized spacial score (nSPS) is 11.6. The SMILES string of the molecule is COc1cccc([C@H](CNC(=O)C(=O)NCc2ccco2)OC)c1. The summed E-state index contributed by atoms with van der Waals surface area (Å²) in [6.45, 7) is 0.319. The smallest absolute Gasteiger partial charge is 0.309 e. The van der Waals surface area contributed by atoms with Crippen molar-refractivity contribution in [2.24, 2.45) is 0 Å². The second kappa shape index (κ2) is 8.73. The van der Waals surface area contributed by atoms with E-state index in [4.69, 9.17) is 13.9 Å². The lowest BCUT2D eigenvalue weighted by atomic mass is 10.1. The number of rotatable bonds is 7. The van der Waals surface area contributed by atoms with Crippen LogP contribution in [0.15, 0.2) is 47.1 Å². The number of ether oxygens (including phenoxy) is 2. The second-order valence-electron chi connectivity index (χ2n) is 4.97. The number of carbonyl (C=O) groups excluding carboxylic acids is 2. The van der Waals surface area contributed by atoms with E-state index in [1.54, 1.807) is 19.2 Å². The summed E-state index contributed by atoms with van der Waals surface area (Å²) in [4.78, 5) is 23.6. The summed E-state index contributed by atoms with van der Waals surface area (Å²) < 4.78 is 15.6. The molecule has 1 aromatic carbocycles. The van der Waals surface area contributed by atoms with Crippen molar-refractivity contribution >= 4 is 11.8 Å². The summed E-state index contributed by atoms with van der Waals surface area (Å²) in [6, 6.07) is 10.7. The first kappa shape index (κ1) is 17.6. The predicted octanol–water partition coefficient (Wildman–Crippen LogP) is 1.41. The fourth-order valence-corrected chi connectivity index (χ4v) is 2.11. The van der Waals surface area contributed by atoms with Crippen molar-refractivity contribution in [2.45, 2.75) is 12.6 Å². The minimum Gasteiger partial charge on any atom is -0.497 e. The first-order valence-electron chi connectivity index (χ1n) is 7.39. The summed E-state index contributed by atoms with van der Waals surface area (Å²) in [6.07, 6.45) is 1.11. The van der Waals surface area contributed by atoms with Crippen LogP contribution in [0.2, 0.25) is 0 Å². The zero-order chi connectivity index (χ0) is 17.4. The number of carbonyl (C=O) groups is 2. The van der Waals surface area contributed by atoms with Gasteiger partial charge in [0.25, 0.3) is 0 Å². The van der Waals surface area contributed by atoms with Gasteiger partial charge in [-0.3, -0.25) is 9.59 Å². The molecule has 2 amide bonds. The van der Waals surface area contributed by atoms with E-state index in [2.05, 4.69) is 10.6 Å². The van der Waals surface area contributed by atoms with E-state index < -0.39 is 11.8 Å². The Labute approximate surface area is 139 Å². The fourth-order valence-electron chi connectivity index (χ4n) is 2.11. The van der Waals surface area contributed by atoms with E-state index in [0.717, 1.165) is 5.56 Å². The first-order valence-corrected chi connectivity index (χ1v) is 7.39. The maximum absolute atomic E-state index is 11.8. The van der Waals surface area contributed by atoms with Crippen molar-refractivity contribution < 1.29 is 23.5 Å². The molecule has 2 aromatic rings. The van der Waals surface area contributed by atoms with Crippen LogP contribution in [0.3, 0.4) is 0 Å². The highest BCUT2D eigenvalue weighted by atomic mass is 16.5. The van der Waals surface area contributed by atoms with Crippen molar-refractivity contribution in [3.05, 3.63) is 54.0 Å². The molecule has 128 valence electrons. The van der Waals surface area contributed by atoms with Gasteiger partial charge in [-0.25, -0.2) is 0 Å². The van der Waals surface area contributed by atoms with Crippen molar-refractivity contribution in [3.8, 4) is 5.75 Å². The van der Waals surface area contributed by atoms with Gasteiger partial charge in [-0.1, -0.05) is 12.1 Å². The van der Waals surface area contributed by atoms with Gasteiger partial charge in [0.05, 0.1) is 26.0 Å². The topological polar surface area (TPSA) is 89.8 Å². The highest BCUT2D eigenvalue weighted by Gasteiger charge is 2.17. The Morgan fingerprint density at radius 1 is 1.12 bits per heavy atom. The van der Waals surface area contributed by atoms with Crippen LogP contribution in [-0.2, 0) is 20.9 Å². The number of hydrogen-bond donors (Lipinski definition) is 2. The number of benzene rings is 1. The maximum Gasteiger partial charge on any atom is 0.309 e. The van der Waals surface area contributed by atoms with Crippen LogP contribution in [0.25, 0.3) is 0 Å². The van der Waals surface area contributed by atoms with Crippen molar-refractivity contribution in [3.63, 3.8) is 0 Å². The van der Waals surface area contributed by atoms with E-state index in [9.17, 15) is 9.59 Å². The number of hydrogen-bond acceptors (Lipinski definition) is 5. The molecule has 0 aliphatic carbocycles. The largest absolute Gasteiger partial charge is 0.497 e. The Morgan fingerprint density at radius 3 is 2.58 bits per heavy atom. The van der Waals surface area contributed by atoms with Gasteiger partial charge in [-0.2, -0.15) is 0 Å². The minimum absolute atomic E-state index is 0.156. The molecule has 1 aromatic heterocycles. The average molecular weight is 332 g/mol. The Bertz CT molecular complexity index is 669. The van der Waals surface area contributed by atoms with E-state index in [1.165, 1.54) is 13.4 Å². The predicted molar refractivity (Wildman–Crippen MR) is 86.3 cm³/mol. The Kier molecular flexibility index (Phi) is 6.39. The van der Waals surface area contributed by atoms with Crippen molar-refractivity contribution in [2.75, 3.05) is 20.8 Å². The van der Waals surface area contributed by atoms with E-state index >= 15 is 0 Å². The molecule has 1 heterocycles. The van der Waals surface area contributed by atoms with Gasteiger partial charge >= 0.3 is 11.8 Å². The lowest BCUT2D eigenvalue weighted by molar-refractivity contribution is -0.139. The van der Waals surface area contributed by atoms with E-state index in [1.807, 2.05) is 24.3 Å². The van der Waals surface area contributed by atoms with Crippen molar-refractivity contribution in [1.82, 2.24) is 10.6 Å². The Balaban J connectivity index is 1.85. The van der Waals surface area contributed by atoms with Gasteiger partial charge in [-0.15, -0.1) is 0 Å². The van der Waals surface area contributed by atoms with E-state index in [-0.39, 0.29) is 19.2 Å². The molecular weight excluding hydrogens is 312 g/mol. The molecule has 0 unspecified atom stereocenters. The van der Waals surface area contributed by atoms with Gasteiger partial charge < -0.3 is 24.5 Å². The van der Waals surface area contributed by atoms with Crippen LogP contribution >= 0.6 is 0 Å². The van der Waals surface area contributed by atoms with Crippen LogP contribution in [0.1, 0.15) is 17.4 Å². The molecule has 2 rings (SSSR count). The third-order valence-electron chi connectivity index (χ3n) is 3.41. The van der Waals surface area contributed by atoms with Gasteiger partial charge in [0.15, 0.2) is 0 Å². The molecule has 7 heteroatoms. The average Bonchev–Trinajstić information content (AvgIpc) is 3.13. The zero-order valence-corrected chi connectivity index (χ0v) is 13.6. The fraction of sp³-hybridized carbons (Fsp3) is 0.294. The maximum atomic E-state index is 11.8. The molecule has 0 aliphatic rings. The molecule has 0 aliphatic heterocycles. The van der Waals surface area contributed by atoms with Crippen molar-refractivity contribution in [1.29, 1.82) is 0 Å². The molecule has 0 bridgehead atoms. The molecule has 2 N–H and O–H groups in total. The van der Waals surface area contributed by atoms with Gasteiger partial charge in [0.2, 0.25) is 0 Å². The lowest BCUT2D eigenvalue weighted by Gasteiger charge is -2.17. The summed E-state index contributed by atoms with van der Waals surface area (Å²) in [5.74, 6) is -0.197. The number of nitrogens with one attached hydrogen (secondary N) is 2. The van der Waals surface area contributed by atoms with Crippen LogP contribution < -0.4 is 15.4 Å². The van der Waals surface area contributed by atoms with Gasteiger partial charge in [0, 0.05) is 13.7 Å². The van der Waals surface area contributed by atoms with Gasteiger partial charge in [-0.05, 0) is 29.8 Å². The number of furan rings is 1. The molecule has 0 fully saturated rings. The third kappa shape index (κ3) is 4.85. The van der Waals surface area contributed by atoms with Crippen LogP contribution in [0.5, 0.6) is 5.75 Å². The van der Waals surface area contributed by atoms with Gasteiger partial charge in [0.1, 0.15) is 11.5 Å². The quantitative estimate of drug-likeness (QED) is 0.748. The molecule has 24 heavy (non-hydrogen) atoms. The molecule has 7 nitrogen and oxygen atoms in total. The second-order valence-corrected chi connectivity index (χ2v) is 4.97. The monoisotopic (exact) mass is 332 g/mol. The first-order chi connectivity index (χ1) is 11.6. The summed E-state index contributed by atoms with van der Waals surface area (Å²) >= 11 is 0. The molecule has 0 saturated carbocycles. The molecular formula is C17H20N2O5. The van der Waals surface area contributed by atoms with Crippen LogP contribution in [-0.4, -0.2) is 32.6 Å². The zero-order valence-electron chi connectivity index (χ0n) is 13.6. The standard InChI is InChI=1S/C17H20N2O5/c1-22-13-6-3-5-12(9-13)15(23-2)11-19-17(21)16(20)18-10-14-7-4-8-24-14/h3-9,15H,10-11H2,1-2H3,(H,18,20)(H,19,21)/t15-/m0/s1. The number of amides is 2. The summed E-state index contributed by atoms with van der Waals surface area (Å²) in [5, 5.41) is 5.03. The Morgan fingerprint density at radius 2 is 1.92 bits per heavy atom. The van der Waals surface area contributed by atoms with Crippen LogP contribution in [0.4, 0.5) is 0 Å². The number of methoxy groups -OCH3 is 2. The highest BCUT2D eigenvalue weighted by Crippen LogP contribution is 2.20. The van der Waals surface area contributed by atoms with Crippen LogP contribution in [0, 0.1) is 0 Å². The third-order valence-corrected chi connectivity index (χ3v) is 3.41. The molecule has 0 saturated heterocycles. The molecule has 1 atom stereocenters. The summed E-state index contributed by atoms with van der Waals surface area (Å²) in [7, 11) is 3.11. The molecule has 0 radical (unpaired) electrons. The Hall–Kier alpha value is -2.80. The minimum atomic E-state index is -0.730. The lowest BCUT2D eigenvalue weighted by Crippen LogP contribution is -2.41.